The summed E-state index contributed by atoms with van der Waals surface area (Å²) in [4.78, 5) is 0. The number of hydrogen-bond donors (Lipinski definition) is 1. The van der Waals surface area contributed by atoms with Crippen molar-refractivity contribution in [2.45, 2.75) is 40.2 Å². The molecule has 0 saturated carbocycles. The molecule has 1 aromatic carbocycles. The summed E-state index contributed by atoms with van der Waals surface area (Å²) in [7, 11) is 1.72. The summed E-state index contributed by atoms with van der Waals surface area (Å²) in [6.07, 6.45) is 1.09. The van der Waals surface area contributed by atoms with Gasteiger partial charge < -0.3 is 14.5 Å². The maximum absolute atomic E-state index is 5.84. The highest BCUT2D eigenvalue weighted by Crippen LogP contribution is 2.30. The van der Waals surface area contributed by atoms with Crippen LogP contribution in [0.2, 0.25) is 0 Å². The van der Waals surface area contributed by atoms with E-state index >= 15 is 0 Å². The molecule has 0 spiro atoms. The van der Waals surface area contributed by atoms with E-state index in [2.05, 4.69) is 44.3 Å². The van der Waals surface area contributed by atoms with Crippen LogP contribution in [0.15, 0.2) is 28.7 Å². The van der Waals surface area contributed by atoms with Gasteiger partial charge in [0.15, 0.2) is 0 Å². The number of benzene rings is 1. The minimum Gasteiger partial charge on any atom is -0.496 e. The van der Waals surface area contributed by atoms with Crippen LogP contribution in [0.3, 0.4) is 0 Å². The normalized spacial score (nSPS) is 12.4. The summed E-state index contributed by atoms with van der Waals surface area (Å²) >= 11 is 0. The highest BCUT2D eigenvalue weighted by Gasteiger charge is 2.19. The fourth-order valence-electron chi connectivity index (χ4n) is 2.75. The molecule has 1 unspecified atom stereocenters. The zero-order valence-corrected chi connectivity index (χ0v) is 13.6. The molecule has 114 valence electrons. The standard InChI is InChI=1S/C18H25NO2/c1-6-9-19-17(16-8-7-14(4)21-16)15-10-12(2)18(20-5)13(3)11-15/h7-8,10-11,17,19H,6,9H2,1-5H3. The van der Waals surface area contributed by atoms with E-state index in [9.17, 15) is 0 Å². The first-order valence-corrected chi connectivity index (χ1v) is 7.51. The molecular weight excluding hydrogens is 262 g/mol. The average molecular weight is 287 g/mol. The van der Waals surface area contributed by atoms with Crippen molar-refractivity contribution in [1.29, 1.82) is 0 Å². The van der Waals surface area contributed by atoms with Gasteiger partial charge in [-0.15, -0.1) is 0 Å². The Balaban J connectivity index is 2.41. The van der Waals surface area contributed by atoms with E-state index in [-0.39, 0.29) is 6.04 Å². The van der Waals surface area contributed by atoms with Crippen LogP contribution in [-0.2, 0) is 0 Å². The average Bonchev–Trinajstić information content (AvgIpc) is 2.85. The summed E-state index contributed by atoms with van der Waals surface area (Å²) in [5.74, 6) is 2.86. The van der Waals surface area contributed by atoms with Gasteiger partial charge in [-0.25, -0.2) is 0 Å². The third-order valence-corrected chi connectivity index (χ3v) is 3.66. The molecule has 1 aromatic heterocycles. The molecule has 1 atom stereocenters. The molecule has 0 amide bonds. The molecular formula is C18H25NO2. The Kier molecular flexibility index (Phi) is 5.07. The van der Waals surface area contributed by atoms with Gasteiger partial charge in [-0.2, -0.15) is 0 Å². The van der Waals surface area contributed by atoms with Crippen molar-refractivity contribution in [3.63, 3.8) is 0 Å². The second kappa shape index (κ2) is 6.81. The molecule has 1 heterocycles. The molecule has 3 heteroatoms. The maximum Gasteiger partial charge on any atom is 0.125 e. The van der Waals surface area contributed by atoms with Crippen molar-refractivity contribution >= 4 is 0 Å². The number of hydrogen-bond acceptors (Lipinski definition) is 3. The predicted molar refractivity (Wildman–Crippen MR) is 86.0 cm³/mol. The molecule has 0 saturated heterocycles. The number of furan rings is 1. The van der Waals surface area contributed by atoms with Crippen LogP contribution in [0.5, 0.6) is 5.75 Å². The highest BCUT2D eigenvalue weighted by atomic mass is 16.5. The first kappa shape index (κ1) is 15.6. The number of methoxy groups -OCH3 is 1. The molecule has 2 rings (SSSR count). The molecule has 0 fully saturated rings. The lowest BCUT2D eigenvalue weighted by Crippen LogP contribution is -2.23. The molecule has 1 N–H and O–H groups in total. The number of ether oxygens (including phenoxy) is 1. The Labute approximate surface area is 127 Å². The Hall–Kier alpha value is -1.74. The van der Waals surface area contributed by atoms with Crippen LogP contribution in [0.4, 0.5) is 0 Å². The van der Waals surface area contributed by atoms with Gasteiger partial charge in [-0.05, 0) is 62.6 Å². The van der Waals surface area contributed by atoms with Gasteiger partial charge >= 0.3 is 0 Å². The Bertz CT molecular complexity index is 578. The lowest BCUT2D eigenvalue weighted by atomic mass is 9.98. The topological polar surface area (TPSA) is 34.4 Å². The van der Waals surface area contributed by atoms with Gasteiger partial charge in [0.05, 0.1) is 13.2 Å². The smallest absolute Gasteiger partial charge is 0.125 e. The third kappa shape index (κ3) is 3.48. The SMILES string of the molecule is CCCNC(c1cc(C)c(OC)c(C)c1)c1ccc(C)o1. The third-order valence-electron chi connectivity index (χ3n) is 3.66. The fourth-order valence-corrected chi connectivity index (χ4v) is 2.75. The van der Waals surface area contributed by atoms with E-state index < -0.39 is 0 Å². The van der Waals surface area contributed by atoms with Crippen LogP contribution < -0.4 is 10.1 Å². The van der Waals surface area contributed by atoms with Crippen molar-refractivity contribution in [3.8, 4) is 5.75 Å². The van der Waals surface area contributed by atoms with Gasteiger partial charge in [0.1, 0.15) is 17.3 Å². The lowest BCUT2D eigenvalue weighted by Gasteiger charge is -2.19. The molecule has 0 bridgehead atoms. The van der Waals surface area contributed by atoms with E-state index in [0.717, 1.165) is 41.4 Å². The largest absolute Gasteiger partial charge is 0.496 e. The number of nitrogens with one attached hydrogen (secondary N) is 1. The molecule has 0 aliphatic heterocycles. The lowest BCUT2D eigenvalue weighted by molar-refractivity contribution is 0.406. The van der Waals surface area contributed by atoms with Crippen molar-refractivity contribution in [2.75, 3.05) is 13.7 Å². The van der Waals surface area contributed by atoms with Gasteiger partial charge in [0, 0.05) is 0 Å². The van der Waals surface area contributed by atoms with Gasteiger partial charge in [-0.1, -0.05) is 19.1 Å². The molecule has 0 aliphatic carbocycles. The van der Waals surface area contributed by atoms with Crippen molar-refractivity contribution in [1.82, 2.24) is 5.32 Å². The quantitative estimate of drug-likeness (QED) is 0.860. The molecule has 2 aromatic rings. The van der Waals surface area contributed by atoms with E-state index in [1.165, 1.54) is 5.56 Å². The zero-order valence-electron chi connectivity index (χ0n) is 13.6. The molecule has 0 radical (unpaired) electrons. The molecule has 0 aliphatic rings. The monoisotopic (exact) mass is 287 g/mol. The van der Waals surface area contributed by atoms with Crippen LogP contribution in [0.1, 0.15) is 47.6 Å². The number of aryl methyl sites for hydroxylation is 3. The van der Waals surface area contributed by atoms with Crippen LogP contribution in [0.25, 0.3) is 0 Å². The first-order chi connectivity index (χ1) is 10.1. The maximum atomic E-state index is 5.84. The molecule has 21 heavy (non-hydrogen) atoms. The summed E-state index contributed by atoms with van der Waals surface area (Å²) in [5.41, 5.74) is 3.52. The predicted octanol–water partition coefficient (Wildman–Crippen LogP) is 4.30. The van der Waals surface area contributed by atoms with Crippen molar-refractivity contribution in [2.24, 2.45) is 0 Å². The minimum atomic E-state index is 0.0851. The first-order valence-electron chi connectivity index (χ1n) is 7.51. The Morgan fingerprint density at radius 3 is 2.29 bits per heavy atom. The van der Waals surface area contributed by atoms with E-state index in [4.69, 9.17) is 9.15 Å². The van der Waals surface area contributed by atoms with E-state index in [0.29, 0.717) is 0 Å². The van der Waals surface area contributed by atoms with Crippen LogP contribution >= 0.6 is 0 Å². The minimum absolute atomic E-state index is 0.0851. The summed E-state index contributed by atoms with van der Waals surface area (Å²) in [5, 5.41) is 3.57. The fraction of sp³-hybridized carbons (Fsp3) is 0.444. The highest BCUT2D eigenvalue weighted by molar-refractivity contribution is 5.45. The van der Waals surface area contributed by atoms with E-state index in [1.54, 1.807) is 7.11 Å². The van der Waals surface area contributed by atoms with Crippen molar-refractivity contribution < 1.29 is 9.15 Å². The summed E-state index contributed by atoms with van der Waals surface area (Å²) in [6, 6.07) is 8.51. The van der Waals surface area contributed by atoms with Gasteiger partial charge in [-0.3, -0.25) is 0 Å². The van der Waals surface area contributed by atoms with E-state index in [1.807, 2.05) is 13.0 Å². The van der Waals surface area contributed by atoms with Crippen LogP contribution in [0, 0.1) is 20.8 Å². The van der Waals surface area contributed by atoms with Gasteiger partial charge in [0.2, 0.25) is 0 Å². The number of rotatable bonds is 6. The van der Waals surface area contributed by atoms with Crippen LogP contribution in [-0.4, -0.2) is 13.7 Å². The second-order valence-electron chi connectivity index (χ2n) is 5.52. The Morgan fingerprint density at radius 2 is 1.81 bits per heavy atom. The summed E-state index contributed by atoms with van der Waals surface area (Å²) < 4.78 is 11.3. The van der Waals surface area contributed by atoms with Crippen molar-refractivity contribution in [3.05, 3.63) is 52.5 Å². The summed E-state index contributed by atoms with van der Waals surface area (Å²) in [6.45, 7) is 9.26. The Morgan fingerprint density at radius 1 is 1.14 bits per heavy atom. The van der Waals surface area contributed by atoms with Gasteiger partial charge in [0.25, 0.3) is 0 Å². The second-order valence-corrected chi connectivity index (χ2v) is 5.52. The molecule has 3 nitrogen and oxygen atoms in total. The zero-order chi connectivity index (χ0) is 15.4.